The second-order valence-corrected chi connectivity index (χ2v) is 4.97. The van der Waals surface area contributed by atoms with E-state index in [9.17, 15) is 14.0 Å². The van der Waals surface area contributed by atoms with E-state index in [2.05, 4.69) is 21.2 Å². The summed E-state index contributed by atoms with van der Waals surface area (Å²) >= 11 is 3.07. The number of anilines is 1. The van der Waals surface area contributed by atoms with Crippen LogP contribution < -0.4 is 5.32 Å². The molecule has 1 amide bonds. The highest BCUT2D eigenvalue weighted by molar-refractivity contribution is 9.10. The van der Waals surface area contributed by atoms with Crippen molar-refractivity contribution in [2.45, 2.75) is 0 Å². The SMILES string of the molecule is O=C(COC(=O)c1ccc(F)cc1Br)Nc1ccccc1. The third-order valence-electron chi connectivity index (χ3n) is 2.54. The molecule has 21 heavy (non-hydrogen) atoms. The molecular formula is C15H11BrFNO3. The third kappa shape index (κ3) is 4.39. The number of halogens is 2. The maximum Gasteiger partial charge on any atom is 0.339 e. The Bertz CT molecular complexity index is 661. The molecular weight excluding hydrogens is 341 g/mol. The summed E-state index contributed by atoms with van der Waals surface area (Å²) in [5, 5.41) is 2.58. The Morgan fingerprint density at radius 1 is 1.14 bits per heavy atom. The predicted octanol–water partition coefficient (Wildman–Crippen LogP) is 3.38. The molecule has 0 aromatic heterocycles. The number of amides is 1. The number of carbonyl (C=O) groups is 2. The Morgan fingerprint density at radius 3 is 2.52 bits per heavy atom. The monoisotopic (exact) mass is 351 g/mol. The van der Waals surface area contributed by atoms with Gasteiger partial charge in [-0.2, -0.15) is 0 Å². The van der Waals surface area contributed by atoms with Gasteiger partial charge < -0.3 is 10.1 Å². The van der Waals surface area contributed by atoms with Gasteiger partial charge in [0.15, 0.2) is 6.61 Å². The molecule has 2 aromatic carbocycles. The van der Waals surface area contributed by atoms with Gasteiger partial charge in [0.25, 0.3) is 5.91 Å². The quantitative estimate of drug-likeness (QED) is 0.859. The van der Waals surface area contributed by atoms with Gasteiger partial charge in [-0.3, -0.25) is 4.79 Å². The predicted molar refractivity (Wildman–Crippen MR) is 79.5 cm³/mol. The maximum absolute atomic E-state index is 12.9. The molecule has 108 valence electrons. The Hall–Kier alpha value is -2.21. The molecule has 0 saturated heterocycles. The normalized spacial score (nSPS) is 10.0. The van der Waals surface area contributed by atoms with Gasteiger partial charge in [-0.1, -0.05) is 18.2 Å². The van der Waals surface area contributed by atoms with E-state index in [1.807, 2.05) is 6.07 Å². The zero-order valence-electron chi connectivity index (χ0n) is 10.8. The number of ether oxygens (including phenoxy) is 1. The number of benzene rings is 2. The van der Waals surface area contributed by atoms with Gasteiger partial charge in [-0.25, -0.2) is 9.18 Å². The van der Waals surface area contributed by atoms with Gasteiger partial charge in [-0.05, 0) is 46.3 Å². The molecule has 0 fully saturated rings. The first kappa shape index (κ1) is 15.2. The smallest absolute Gasteiger partial charge is 0.339 e. The fraction of sp³-hybridized carbons (Fsp3) is 0.0667. The van der Waals surface area contributed by atoms with Crippen LogP contribution in [-0.4, -0.2) is 18.5 Å². The number of para-hydroxylation sites is 1. The lowest BCUT2D eigenvalue weighted by Gasteiger charge is -2.07. The molecule has 0 aliphatic heterocycles. The second-order valence-electron chi connectivity index (χ2n) is 4.11. The van der Waals surface area contributed by atoms with E-state index >= 15 is 0 Å². The van der Waals surface area contributed by atoms with Crippen LogP contribution in [-0.2, 0) is 9.53 Å². The zero-order valence-corrected chi connectivity index (χ0v) is 12.4. The van der Waals surface area contributed by atoms with Gasteiger partial charge in [0.05, 0.1) is 5.56 Å². The summed E-state index contributed by atoms with van der Waals surface area (Å²) in [6.45, 7) is -0.419. The number of nitrogens with one attached hydrogen (secondary N) is 1. The lowest BCUT2D eigenvalue weighted by Crippen LogP contribution is -2.21. The van der Waals surface area contributed by atoms with E-state index < -0.39 is 24.3 Å². The first-order valence-corrected chi connectivity index (χ1v) is 6.82. The van der Waals surface area contributed by atoms with Crippen molar-refractivity contribution in [3.8, 4) is 0 Å². The molecule has 2 aromatic rings. The number of rotatable bonds is 4. The van der Waals surface area contributed by atoms with Crippen molar-refractivity contribution in [1.82, 2.24) is 0 Å². The van der Waals surface area contributed by atoms with Gasteiger partial charge in [0.1, 0.15) is 5.82 Å². The van der Waals surface area contributed by atoms with Crippen LogP contribution in [0.2, 0.25) is 0 Å². The van der Waals surface area contributed by atoms with Crippen LogP contribution in [0.4, 0.5) is 10.1 Å². The van der Waals surface area contributed by atoms with E-state index in [4.69, 9.17) is 4.74 Å². The Labute approximate surface area is 129 Å². The summed E-state index contributed by atoms with van der Waals surface area (Å²) in [6.07, 6.45) is 0. The Balaban J connectivity index is 1.90. The molecule has 1 N–H and O–H groups in total. The Morgan fingerprint density at radius 2 is 1.86 bits per heavy atom. The maximum atomic E-state index is 12.9. The first-order valence-electron chi connectivity index (χ1n) is 6.03. The largest absolute Gasteiger partial charge is 0.452 e. The molecule has 0 saturated carbocycles. The molecule has 0 bridgehead atoms. The minimum atomic E-state index is -0.704. The molecule has 0 heterocycles. The molecule has 0 aliphatic rings. The summed E-state index contributed by atoms with van der Waals surface area (Å²) in [6, 6.07) is 12.4. The number of carbonyl (C=O) groups excluding carboxylic acids is 2. The lowest BCUT2D eigenvalue weighted by atomic mass is 10.2. The van der Waals surface area contributed by atoms with Crippen molar-refractivity contribution in [2.24, 2.45) is 0 Å². The van der Waals surface area contributed by atoms with E-state index in [0.29, 0.717) is 5.69 Å². The van der Waals surface area contributed by atoms with Crippen molar-refractivity contribution < 1.29 is 18.7 Å². The minimum absolute atomic E-state index is 0.156. The fourth-order valence-electron chi connectivity index (χ4n) is 1.58. The van der Waals surface area contributed by atoms with Crippen molar-refractivity contribution >= 4 is 33.5 Å². The molecule has 0 aliphatic carbocycles. The van der Waals surface area contributed by atoms with E-state index in [1.54, 1.807) is 24.3 Å². The zero-order chi connectivity index (χ0) is 15.2. The van der Waals surface area contributed by atoms with E-state index in [-0.39, 0.29) is 10.0 Å². The minimum Gasteiger partial charge on any atom is -0.452 e. The van der Waals surface area contributed by atoms with Crippen molar-refractivity contribution in [1.29, 1.82) is 0 Å². The topological polar surface area (TPSA) is 55.4 Å². The first-order chi connectivity index (χ1) is 10.1. The average Bonchev–Trinajstić information content (AvgIpc) is 2.46. The van der Waals surface area contributed by atoms with Crippen LogP contribution in [0.3, 0.4) is 0 Å². The lowest BCUT2D eigenvalue weighted by molar-refractivity contribution is -0.119. The molecule has 2 rings (SSSR count). The van der Waals surface area contributed by atoms with Gasteiger partial charge >= 0.3 is 5.97 Å². The van der Waals surface area contributed by atoms with Crippen LogP contribution in [0, 0.1) is 5.82 Å². The van der Waals surface area contributed by atoms with E-state index in [1.165, 1.54) is 6.07 Å². The summed E-state index contributed by atoms with van der Waals surface area (Å²) in [7, 11) is 0. The highest BCUT2D eigenvalue weighted by Gasteiger charge is 2.14. The standard InChI is InChI=1S/C15H11BrFNO3/c16-13-8-10(17)6-7-12(13)15(20)21-9-14(19)18-11-4-2-1-3-5-11/h1-8H,9H2,(H,18,19). The van der Waals surface area contributed by atoms with E-state index in [0.717, 1.165) is 12.1 Å². The molecule has 0 atom stereocenters. The van der Waals surface area contributed by atoms with Crippen molar-refractivity contribution in [2.75, 3.05) is 11.9 Å². The third-order valence-corrected chi connectivity index (χ3v) is 3.20. The molecule has 0 spiro atoms. The van der Waals surface area contributed by atoms with Crippen LogP contribution >= 0.6 is 15.9 Å². The molecule has 0 unspecified atom stereocenters. The number of hydrogen-bond donors (Lipinski definition) is 1. The summed E-state index contributed by atoms with van der Waals surface area (Å²) in [5.74, 6) is -1.63. The van der Waals surface area contributed by atoms with Gasteiger partial charge in [0, 0.05) is 10.2 Å². The van der Waals surface area contributed by atoms with Crippen LogP contribution in [0.5, 0.6) is 0 Å². The summed E-state index contributed by atoms with van der Waals surface area (Å²) in [4.78, 5) is 23.4. The molecule has 6 heteroatoms. The highest BCUT2D eigenvalue weighted by atomic mass is 79.9. The van der Waals surface area contributed by atoms with Crippen LogP contribution in [0.15, 0.2) is 53.0 Å². The second kappa shape index (κ2) is 6.99. The Kier molecular flexibility index (Phi) is 5.05. The van der Waals surface area contributed by atoms with Gasteiger partial charge in [0.2, 0.25) is 0 Å². The van der Waals surface area contributed by atoms with Gasteiger partial charge in [-0.15, -0.1) is 0 Å². The highest BCUT2D eigenvalue weighted by Crippen LogP contribution is 2.18. The summed E-state index contributed by atoms with van der Waals surface area (Å²) in [5.41, 5.74) is 0.769. The molecule has 4 nitrogen and oxygen atoms in total. The fourth-order valence-corrected chi connectivity index (χ4v) is 2.10. The van der Waals surface area contributed by atoms with Crippen LogP contribution in [0.25, 0.3) is 0 Å². The number of hydrogen-bond acceptors (Lipinski definition) is 3. The average molecular weight is 352 g/mol. The summed E-state index contributed by atoms with van der Waals surface area (Å²) < 4.78 is 18.1. The van der Waals surface area contributed by atoms with Crippen molar-refractivity contribution in [3.05, 3.63) is 64.4 Å². The molecule has 0 radical (unpaired) electrons. The number of esters is 1. The van der Waals surface area contributed by atoms with Crippen molar-refractivity contribution in [3.63, 3.8) is 0 Å². The van der Waals surface area contributed by atoms with Crippen LogP contribution in [0.1, 0.15) is 10.4 Å².